The molecule has 0 unspecified atom stereocenters. The van der Waals surface area contributed by atoms with E-state index in [0.29, 0.717) is 0 Å². The van der Waals surface area contributed by atoms with Crippen molar-refractivity contribution in [3.8, 4) is 0 Å². The Morgan fingerprint density at radius 3 is 1.50 bits per heavy atom. The molecule has 0 atom stereocenters. The Morgan fingerprint density at radius 2 is 1.28 bits per heavy atom. The molecule has 0 spiro atoms. The Balaban J connectivity index is 5.13. The lowest BCUT2D eigenvalue weighted by molar-refractivity contribution is -0.150. The number of hydrogen-bond donors (Lipinski definition) is 0. The largest absolute Gasteiger partial charge is 0.459 e. The van der Waals surface area contributed by atoms with Crippen molar-refractivity contribution in [2.45, 2.75) is 43.7 Å². The lowest BCUT2D eigenvalue weighted by atomic mass is 10.2. The summed E-state index contributed by atoms with van der Waals surface area (Å²) in [5.41, 5.74) is -0.433. The number of esters is 2. The molecule has 0 heterocycles. The van der Waals surface area contributed by atoms with Gasteiger partial charge in [-0.1, -0.05) is 34.8 Å². The molecule has 104 valence electrons. The first-order chi connectivity index (χ1) is 8.03. The minimum atomic E-state index is -1.89. The monoisotopic (exact) mass is 316 g/mol. The average molecular weight is 318 g/mol. The van der Waals surface area contributed by atoms with E-state index in [9.17, 15) is 9.59 Å². The molecule has 0 aliphatic carbocycles. The summed E-state index contributed by atoms with van der Waals surface area (Å²) < 4.78 is 7.87. The Kier molecular flexibility index (Phi) is 7.04. The Hall–Kier alpha value is -0.450. The van der Waals surface area contributed by atoms with Gasteiger partial charge < -0.3 is 9.47 Å². The Morgan fingerprint density at radius 1 is 0.944 bits per heavy atom. The van der Waals surface area contributed by atoms with Gasteiger partial charge in [0.25, 0.3) is 0 Å². The quantitative estimate of drug-likeness (QED) is 0.263. The molecule has 0 N–H and O–H groups in total. The number of carbonyl (C=O) groups is 2. The number of ether oxygens (including phenoxy) is 2. The highest BCUT2D eigenvalue weighted by atomic mass is 35.6. The number of hydrogen-bond acceptors (Lipinski definition) is 4. The van der Waals surface area contributed by atoms with Crippen molar-refractivity contribution >= 4 is 46.7 Å². The standard InChI is InChI=1S/C11H15Cl3O4/c1-6(2)17-9(15)8(5-11(12,13)14)10(16)18-7(3)4/h5-7H,1-4H3. The highest BCUT2D eigenvalue weighted by Crippen LogP contribution is 2.29. The predicted octanol–water partition coefficient (Wildman–Crippen LogP) is 3.19. The van der Waals surface area contributed by atoms with E-state index < -0.39 is 33.5 Å². The summed E-state index contributed by atoms with van der Waals surface area (Å²) in [6, 6.07) is 0. The van der Waals surface area contributed by atoms with E-state index in [1.54, 1.807) is 27.7 Å². The van der Waals surface area contributed by atoms with Crippen LogP contribution in [0.4, 0.5) is 0 Å². The minimum absolute atomic E-state index is 0.400. The van der Waals surface area contributed by atoms with Crippen LogP contribution in [0.25, 0.3) is 0 Å². The van der Waals surface area contributed by atoms with Gasteiger partial charge in [-0.15, -0.1) is 0 Å². The van der Waals surface area contributed by atoms with Gasteiger partial charge in [0.2, 0.25) is 3.79 Å². The third kappa shape index (κ3) is 7.80. The lowest BCUT2D eigenvalue weighted by Crippen LogP contribution is -2.24. The summed E-state index contributed by atoms with van der Waals surface area (Å²) in [5.74, 6) is -1.77. The summed E-state index contributed by atoms with van der Waals surface area (Å²) in [7, 11) is 0. The molecule has 0 aliphatic heterocycles. The van der Waals surface area contributed by atoms with Crippen LogP contribution in [0, 0.1) is 0 Å². The topological polar surface area (TPSA) is 52.6 Å². The first-order valence-electron chi connectivity index (χ1n) is 5.24. The third-order valence-corrected chi connectivity index (χ3v) is 1.76. The minimum Gasteiger partial charge on any atom is -0.459 e. The van der Waals surface area contributed by atoms with Crippen LogP contribution in [0.1, 0.15) is 27.7 Å². The molecule has 0 aliphatic rings. The molecule has 7 heteroatoms. The molecule has 0 radical (unpaired) electrons. The average Bonchev–Trinajstić information content (AvgIpc) is 2.09. The summed E-state index contributed by atoms with van der Waals surface area (Å²) in [6.07, 6.45) is 0.0823. The van der Waals surface area contributed by atoms with Crippen LogP contribution in [0.3, 0.4) is 0 Å². The van der Waals surface area contributed by atoms with Crippen LogP contribution < -0.4 is 0 Å². The first kappa shape index (κ1) is 17.6. The first-order valence-corrected chi connectivity index (χ1v) is 6.38. The third-order valence-electron chi connectivity index (χ3n) is 1.43. The zero-order valence-corrected chi connectivity index (χ0v) is 12.8. The number of alkyl halides is 3. The molecule has 0 aromatic carbocycles. The zero-order chi connectivity index (χ0) is 14.5. The number of halogens is 3. The maximum Gasteiger partial charge on any atom is 0.345 e. The number of allylic oxidation sites excluding steroid dienone is 1. The fourth-order valence-corrected chi connectivity index (χ4v) is 1.25. The van der Waals surface area contributed by atoms with Gasteiger partial charge in [-0.05, 0) is 33.8 Å². The van der Waals surface area contributed by atoms with Crippen molar-refractivity contribution in [3.05, 3.63) is 11.6 Å². The van der Waals surface area contributed by atoms with Crippen molar-refractivity contribution < 1.29 is 19.1 Å². The van der Waals surface area contributed by atoms with Crippen LogP contribution in [-0.2, 0) is 19.1 Å². The summed E-state index contributed by atoms with van der Waals surface area (Å²) in [6.45, 7) is 6.55. The van der Waals surface area contributed by atoms with Gasteiger partial charge in [0, 0.05) is 0 Å². The molecular formula is C11H15Cl3O4. The SMILES string of the molecule is CC(C)OC(=O)C(=CC(Cl)(Cl)Cl)C(=O)OC(C)C. The highest BCUT2D eigenvalue weighted by Gasteiger charge is 2.28. The summed E-state index contributed by atoms with van der Waals surface area (Å²) >= 11 is 16.6. The van der Waals surface area contributed by atoms with Crippen LogP contribution >= 0.6 is 34.8 Å². The molecule has 0 bridgehead atoms. The number of rotatable bonds is 4. The van der Waals surface area contributed by atoms with E-state index in [-0.39, 0.29) is 0 Å². The summed E-state index contributed by atoms with van der Waals surface area (Å²) in [4.78, 5) is 23.4. The van der Waals surface area contributed by atoms with E-state index in [0.717, 1.165) is 6.08 Å². The van der Waals surface area contributed by atoms with Gasteiger partial charge in [0.1, 0.15) is 5.57 Å². The lowest BCUT2D eigenvalue weighted by Gasteiger charge is -2.14. The van der Waals surface area contributed by atoms with Gasteiger partial charge in [0.05, 0.1) is 12.2 Å². The van der Waals surface area contributed by atoms with Crippen LogP contribution in [0.2, 0.25) is 0 Å². The van der Waals surface area contributed by atoms with Gasteiger partial charge in [-0.25, -0.2) is 9.59 Å². The smallest absolute Gasteiger partial charge is 0.345 e. The van der Waals surface area contributed by atoms with Gasteiger partial charge in [-0.2, -0.15) is 0 Å². The van der Waals surface area contributed by atoms with Gasteiger partial charge in [-0.3, -0.25) is 0 Å². The maximum atomic E-state index is 11.7. The molecule has 0 rings (SSSR count). The van der Waals surface area contributed by atoms with E-state index in [2.05, 4.69) is 0 Å². The molecule has 0 aromatic rings. The van der Waals surface area contributed by atoms with Crippen molar-refractivity contribution in [1.29, 1.82) is 0 Å². The molecule has 4 nitrogen and oxygen atoms in total. The number of carbonyl (C=O) groups excluding carboxylic acids is 2. The van der Waals surface area contributed by atoms with Crippen LogP contribution in [0.5, 0.6) is 0 Å². The van der Waals surface area contributed by atoms with Gasteiger partial charge >= 0.3 is 11.9 Å². The van der Waals surface area contributed by atoms with Crippen molar-refractivity contribution in [2.24, 2.45) is 0 Å². The molecule has 0 amide bonds. The maximum absolute atomic E-state index is 11.7. The molecule has 0 aromatic heterocycles. The second-order valence-corrected chi connectivity index (χ2v) is 6.38. The van der Waals surface area contributed by atoms with E-state index in [1.807, 2.05) is 0 Å². The van der Waals surface area contributed by atoms with Crippen molar-refractivity contribution in [1.82, 2.24) is 0 Å². The normalized spacial score (nSPS) is 11.4. The van der Waals surface area contributed by atoms with Crippen LogP contribution in [0.15, 0.2) is 11.6 Å². The zero-order valence-electron chi connectivity index (χ0n) is 10.5. The van der Waals surface area contributed by atoms with Crippen molar-refractivity contribution in [2.75, 3.05) is 0 Å². The molecular weight excluding hydrogens is 302 g/mol. The predicted molar refractivity (Wildman–Crippen MR) is 70.8 cm³/mol. The molecule has 0 saturated heterocycles. The van der Waals surface area contributed by atoms with Gasteiger partial charge in [0.15, 0.2) is 0 Å². The molecule has 0 saturated carbocycles. The summed E-state index contributed by atoms with van der Waals surface area (Å²) in [5, 5.41) is 0. The van der Waals surface area contributed by atoms with Crippen LogP contribution in [-0.4, -0.2) is 27.9 Å². The molecule has 18 heavy (non-hydrogen) atoms. The fraction of sp³-hybridized carbons (Fsp3) is 0.636. The Bertz CT molecular complexity index is 319. The highest BCUT2D eigenvalue weighted by molar-refractivity contribution is 6.69. The fourth-order valence-electron chi connectivity index (χ4n) is 0.920. The van der Waals surface area contributed by atoms with E-state index in [1.165, 1.54) is 0 Å². The van der Waals surface area contributed by atoms with Crippen molar-refractivity contribution in [3.63, 3.8) is 0 Å². The molecule has 0 fully saturated rings. The van der Waals surface area contributed by atoms with E-state index >= 15 is 0 Å². The Labute approximate surface area is 121 Å². The van der Waals surface area contributed by atoms with E-state index in [4.69, 9.17) is 44.3 Å². The second-order valence-electron chi connectivity index (χ2n) is 4.01. The second kappa shape index (κ2) is 7.22.